The standard InChI is InChI=1S/C9H11Cl2NO3S2/c1-3-6(13)5(2)12-17(14,15)7-4-8(10)16-9(7)11/h4-5,12H,3H2,1-2H3. The molecule has 0 saturated carbocycles. The van der Waals surface area contributed by atoms with E-state index in [4.69, 9.17) is 23.2 Å². The molecule has 0 fully saturated rings. The van der Waals surface area contributed by atoms with E-state index in [1.807, 2.05) is 0 Å². The van der Waals surface area contributed by atoms with Crippen LogP contribution < -0.4 is 4.72 Å². The average Bonchev–Trinajstić information content (AvgIpc) is 2.56. The molecule has 1 atom stereocenters. The molecule has 0 bridgehead atoms. The van der Waals surface area contributed by atoms with Crippen molar-refractivity contribution in [3.8, 4) is 0 Å². The van der Waals surface area contributed by atoms with E-state index in [2.05, 4.69) is 4.72 Å². The first-order valence-electron chi connectivity index (χ1n) is 4.77. The van der Waals surface area contributed by atoms with Crippen LogP contribution in [0.4, 0.5) is 0 Å². The number of rotatable bonds is 5. The SMILES string of the molecule is CCC(=O)C(C)NS(=O)(=O)c1cc(Cl)sc1Cl. The summed E-state index contributed by atoms with van der Waals surface area (Å²) in [6, 6.07) is 0.486. The minimum atomic E-state index is -3.80. The van der Waals surface area contributed by atoms with E-state index in [1.165, 1.54) is 13.0 Å². The number of halogens is 2. The van der Waals surface area contributed by atoms with Gasteiger partial charge in [0.25, 0.3) is 0 Å². The molecule has 0 aromatic carbocycles. The number of sulfonamides is 1. The molecule has 4 nitrogen and oxygen atoms in total. The summed E-state index contributed by atoms with van der Waals surface area (Å²) < 4.78 is 26.4. The number of carbonyl (C=O) groups is 1. The van der Waals surface area contributed by atoms with Gasteiger partial charge in [0.15, 0.2) is 0 Å². The van der Waals surface area contributed by atoms with Gasteiger partial charge < -0.3 is 0 Å². The van der Waals surface area contributed by atoms with Gasteiger partial charge in [-0.2, -0.15) is 0 Å². The van der Waals surface area contributed by atoms with Crippen molar-refractivity contribution in [2.24, 2.45) is 0 Å². The third-order valence-electron chi connectivity index (χ3n) is 2.08. The first-order valence-corrected chi connectivity index (χ1v) is 7.83. The molecule has 0 amide bonds. The van der Waals surface area contributed by atoms with Gasteiger partial charge in [-0.15, -0.1) is 11.3 Å². The minimum Gasteiger partial charge on any atom is -0.298 e. The molecule has 1 aromatic heterocycles. The van der Waals surface area contributed by atoms with Gasteiger partial charge >= 0.3 is 0 Å². The molecule has 0 aliphatic rings. The highest BCUT2D eigenvalue weighted by molar-refractivity contribution is 7.89. The molecule has 96 valence electrons. The summed E-state index contributed by atoms with van der Waals surface area (Å²) >= 11 is 12.4. The van der Waals surface area contributed by atoms with Gasteiger partial charge in [-0.3, -0.25) is 4.79 Å². The summed E-state index contributed by atoms with van der Waals surface area (Å²) in [6.07, 6.45) is 0.266. The Labute approximate surface area is 114 Å². The van der Waals surface area contributed by atoms with Gasteiger partial charge in [0, 0.05) is 6.42 Å². The minimum absolute atomic E-state index is 0.0821. The second kappa shape index (κ2) is 5.67. The van der Waals surface area contributed by atoms with E-state index >= 15 is 0 Å². The fraction of sp³-hybridized carbons (Fsp3) is 0.444. The molecule has 8 heteroatoms. The van der Waals surface area contributed by atoms with Crippen molar-refractivity contribution in [2.45, 2.75) is 31.2 Å². The Morgan fingerprint density at radius 2 is 2.12 bits per heavy atom. The first kappa shape index (κ1) is 14.9. The maximum absolute atomic E-state index is 11.9. The highest BCUT2D eigenvalue weighted by Gasteiger charge is 2.24. The van der Waals surface area contributed by atoms with E-state index in [0.29, 0.717) is 0 Å². The van der Waals surface area contributed by atoms with Crippen LogP contribution in [0.1, 0.15) is 20.3 Å². The number of nitrogens with one attached hydrogen (secondary N) is 1. The Kier molecular flexibility index (Phi) is 4.97. The molecule has 0 radical (unpaired) electrons. The van der Waals surface area contributed by atoms with Crippen LogP contribution in [0.2, 0.25) is 8.67 Å². The fourth-order valence-corrected chi connectivity index (χ4v) is 4.55. The molecule has 1 unspecified atom stereocenters. The second-order valence-electron chi connectivity index (χ2n) is 3.35. The van der Waals surface area contributed by atoms with E-state index in [9.17, 15) is 13.2 Å². The number of thiophene rings is 1. The monoisotopic (exact) mass is 315 g/mol. The quantitative estimate of drug-likeness (QED) is 0.908. The number of carbonyl (C=O) groups excluding carboxylic acids is 1. The van der Waals surface area contributed by atoms with Crippen molar-refractivity contribution >= 4 is 50.3 Å². The molecule has 1 heterocycles. The summed E-state index contributed by atoms with van der Waals surface area (Å²) in [4.78, 5) is 11.2. The molecule has 0 spiro atoms. The van der Waals surface area contributed by atoms with Gasteiger partial charge in [-0.1, -0.05) is 30.1 Å². The molecule has 0 aliphatic carbocycles. The normalized spacial score (nSPS) is 13.6. The van der Waals surface area contributed by atoms with Crippen LogP contribution in [-0.2, 0) is 14.8 Å². The van der Waals surface area contributed by atoms with Crippen molar-refractivity contribution in [2.75, 3.05) is 0 Å². The lowest BCUT2D eigenvalue weighted by Crippen LogP contribution is -2.38. The molecule has 1 aromatic rings. The molecular formula is C9H11Cl2NO3S2. The molecule has 1 N–H and O–H groups in total. The summed E-state index contributed by atoms with van der Waals surface area (Å²) in [5.41, 5.74) is 0. The summed E-state index contributed by atoms with van der Waals surface area (Å²) in [5, 5.41) is 0. The molecule has 17 heavy (non-hydrogen) atoms. The van der Waals surface area contributed by atoms with Gasteiger partial charge in [-0.25, -0.2) is 13.1 Å². The van der Waals surface area contributed by atoms with Crippen molar-refractivity contribution < 1.29 is 13.2 Å². The smallest absolute Gasteiger partial charge is 0.243 e. The average molecular weight is 316 g/mol. The predicted octanol–water partition coefficient (Wildman–Crippen LogP) is 2.70. The Morgan fingerprint density at radius 3 is 2.53 bits per heavy atom. The summed E-state index contributed by atoms with van der Waals surface area (Å²) in [7, 11) is -3.80. The van der Waals surface area contributed by atoms with E-state index in [-0.39, 0.29) is 25.8 Å². The number of hydrogen-bond donors (Lipinski definition) is 1. The maximum Gasteiger partial charge on any atom is 0.243 e. The van der Waals surface area contributed by atoms with Gasteiger partial charge in [0.2, 0.25) is 10.0 Å². The fourth-order valence-electron chi connectivity index (χ4n) is 1.18. The number of Topliss-reactive ketones (excluding diaryl/α,β-unsaturated/α-hetero) is 1. The van der Waals surface area contributed by atoms with Crippen LogP contribution in [0.3, 0.4) is 0 Å². The predicted molar refractivity (Wildman–Crippen MR) is 69.4 cm³/mol. The molecule has 1 rings (SSSR count). The van der Waals surface area contributed by atoms with Crippen molar-refractivity contribution in [1.29, 1.82) is 0 Å². The topological polar surface area (TPSA) is 63.2 Å². The van der Waals surface area contributed by atoms with E-state index < -0.39 is 16.1 Å². The lowest BCUT2D eigenvalue weighted by atomic mass is 10.2. The number of ketones is 1. The van der Waals surface area contributed by atoms with E-state index in [1.54, 1.807) is 6.92 Å². The Balaban J connectivity index is 2.97. The highest BCUT2D eigenvalue weighted by atomic mass is 35.5. The molecule has 0 saturated heterocycles. The van der Waals surface area contributed by atoms with Crippen LogP contribution in [-0.4, -0.2) is 20.2 Å². The van der Waals surface area contributed by atoms with Crippen molar-refractivity contribution in [1.82, 2.24) is 4.72 Å². The van der Waals surface area contributed by atoms with E-state index in [0.717, 1.165) is 11.3 Å². The summed E-state index contributed by atoms with van der Waals surface area (Å²) in [6.45, 7) is 3.16. The summed E-state index contributed by atoms with van der Waals surface area (Å²) in [5.74, 6) is -0.189. The van der Waals surface area contributed by atoms with Crippen LogP contribution >= 0.6 is 34.5 Å². The van der Waals surface area contributed by atoms with Crippen molar-refractivity contribution in [3.05, 3.63) is 14.7 Å². The Bertz CT molecular complexity index is 524. The zero-order chi connectivity index (χ0) is 13.2. The van der Waals surface area contributed by atoms with Crippen LogP contribution in [0, 0.1) is 0 Å². The van der Waals surface area contributed by atoms with Gasteiger partial charge in [0.05, 0.1) is 10.4 Å². The van der Waals surface area contributed by atoms with Gasteiger partial charge in [0.1, 0.15) is 15.0 Å². The van der Waals surface area contributed by atoms with Gasteiger partial charge in [-0.05, 0) is 13.0 Å². The highest BCUT2D eigenvalue weighted by Crippen LogP contribution is 2.34. The largest absolute Gasteiger partial charge is 0.298 e. The zero-order valence-corrected chi connectivity index (χ0v) is 12.3. The van der Waals surface area contributed by atoms with Crippen LogP contribution in [0.5, 0.6) is 0 Å². The first-order chi connectivity index (χ1) is 7.77. The third kappa shape index (κ3) is 3.66. The number of hydrogen-bond acceptors (Lipinski definition) is 4. The molecule has 0 aliphatic heterocycles. The second-order valence-corrected chi connectivity index (χ2v) is 7.32. The van der Waals surface area contributed by atoms with Crippen LogP contribution in [0.15, 0.2) is 11.0 Å². The Morgan fingerprint density at radius 1 is 1.53 bits per heavy atom. The molecular weight excluding hydrogens is 305 g/mol. The van der Waals surface area contributed by atoms with Crippen molar-refractivity contribution in [3.63, 3.8) is 0 Å². The lowest BCUT2D eigenvalue weighted by Gasteiger charge is -2.11. The van der Waals surface area contributed by atoms with Crippen LogP contribution in [0.25, 0.3) is 0 Å². The third-order valence-corrected chi connectivity index (χ3v) is 5.37. The maximum atomic E-state index is 11.9. The zero-order valence-electron chi connectivity index (χ0n) is 9.16. The lowest BCUT2D eigenvalue weighted by molar-refractivity contribution is -0.119. The Hall–Kier alpha value is -0.140.